The first-order valence-electron chi connectivity index (χ1n) is 4.75. The van der Waals surface area contributed by atoms with Crippen molar-refractivity contribution in [2.45, 2.75) is 12.2 Å². The van der Waals surface area contributed by atoms with Crippen LogP contribution in [0.15, 0.2) is 16.5 Å². The van der Waals surface area contributed by atoms with Crippen molar-refractivity contribution in [2.75, 3.05) is 25.1 Å². The maximum absolute atomic E-state index is 10.4. The maximum atomic E-state index is 10.4. The van der Waals surface area contributed by atoms with E-state index in [9.17, 15) is 9.90 Å². The number of hydrogen-bond donors (Lipinski definition) is 1. The molecule has 2 heterocycles. The number of anilines is 1. The van der Waals surface area contributed by atoms with Crippen molar-refractivity contribution in [2.24, 2.45) is 0 Å². The third-order valence-corrected chi connectivity index (χ3v) is 2.58. The van der Waals surface area contributed by atoms with Crippen molar-refractivity contribution >= 4 is 12.2 Å². The number of nitrogens with zero attached hydrogens (tertiary/aromatic N) is 1. The first-order chi connectivity index (χ1) is 7.24. The minimum atomic E-state index is -0.514. The molecule has 1 N–H and O–H groups in total. The van der Waals surface area contributed by atoms with Crippen molar-refractivity contribution in [3.05, 3.63) is 17.9 Å². The summed E-state index contributed by atoms with van der Waals surface area (Å²) in [6.45, 7) is 1.04. The highest BCUT2D eigenvalue weighted by atomic mass is 16.5. The molecule has 0 unspecified atom stereocenters. The van der Waals surface area contributed by atoms with Crippen molar-refractivity contribution in [1.82, 2.24) is 0 Å². The number of methoxy groups -OCH3 is 1. The smallest absolute Gasteiger partial charge is 0.196 e. The van der Waals surface area contributed by atoms with Gasteiger partial charge in [0.2, 0.25) is 0 Å². The molecule has 0 amide bonds. The fraction of sp³-hybridized carbons (Fsp3) is 0.500. The van der Waals surface area contributed by atoms with Gasteiger partial charge < -0.3 is 19.2 Å². The van der Waals surface area contributed by atoms with Crippen LogP contribution in [0.5, 0.6) is 0 Å². The van der Waals surface area contributed by atoms with Crippen molar-refractivity contribution in [3.63, 3.8) is 0 Å². The minimum Gasteiger partial charge on any atom is -0.438 e. The van der Waals surface area contributed by atoms with Crippen LogP contribution >= 0.6 is 0 Å². The molecule has 0 aromatic carbocycles. The van der Waals surface area contributed by atoms with Crippen molar-refractivity contribution in [3.8, 4) is 0 Å². The molecule has 5 nitrogen and oxygen atoms in total. The Morgan fingerprint density at radius 3 is 2.93 bits per heavy atom. The van der Waals surface area contributed by atoms with Gasteiger partial charge in [-0.15, -0.1) is 0 Å². The molecule has 2 rings (SSSR count). The van der Waals surface area contributed by atoms with E-state index in [1.165, 1.54) is 0 Å². The molecular weight excluding hydrogens is 198 g/mol. The number of hydrogen-bond acceptors (Lipinski definition) is 5. The van der Waals surface area contributed by atoms with Gasteiger partial charge in [-0.1, -0.05) is 0 Å². The lowest BCUT2D eigenvalue weighted by Gasteiger charge is -2.13. The monoisotopic (exact) mass is 211 g/mol. The van der Waals surface area contributed by atoms with Crippen LogP contribution in [-0.4, -0.2) is 43.8 Å². The van der Waals surface area contributed by atoms with Crippen LogP contribution in [0.2, 0.25) is 0 Å². The predicted molar refractivity (Wildman–Crippen MR) is 53.1 cm³/mol. The zero-order valence-corrected chi connectivity index (χ0v) is 8.42. The molecule has 0 aliphatic carbocycles. The van der Waals surface area contributed by atoms with E-state index in [-0.39, 0.29) is 6.10 Å². The number of aldehydes is 1. The molecule has 15 heavy (non-hydrogen) atoms. The van der Waals surface area contributed by atoms with Gasteiger partial charge in [0.1, 0.15) is 6.10 Å². The van der Waals surface area contributed by atoms with E-state index in [1.54, 1.807) is 19.2 Å². The Balaban J connectivity index is 2.09. The molecule has 0 spiro atoms. The highest BCUT2D eigenvalue weighted by molar-refractivity contribution is 5.71. The summed E-state index contributed by atoms with van der Waals surface area (Å²) in [5.41, 5.74) is 0. The van der Waals surface area contributed by atoms with Crippen LogP contribution in [0.3, 0.4) is 0 Å². The SMILES string of the molecule is CO[C@@H]1CN(c2ccc(C=O)o2)C[C@H]1O. The molecule has 1 aromatic rings. The van der Waals surface area contributed by atoms with Gasteiger partial charge >= 0.3 is 0 Å². The number of β-amino-alcohol motifs (C(OH)–C–C–N with tert-alkyl or cyclic N) is 1. The molecule has 0 saturated carbocycles. The average Bonchev–Trinajstić information content (AvgIpc) is 2.83. The van der Waals surface area contributed by atoms with Crippen LogP contribution in [0, 0.1) is 0 Å². The van der Waals surface area contributed by atoms with Crippen molar-refractivity contribution in [1.29, 1.82) is 0 Å². The van der Waals surface area contributed by atoms with E-state index in [0.29, 0.717) is 31.0 Å². The van der Waals surface area contributed by atoms with Gasteiger partial charge in [0.25, 0.3) is 0 Å². The lowest BCUT2D eigenvalue weighted by molar-refractivity contribution is 0.0217. The second-order valence-corrected chi connectivity index (χ2v) is 3.54. The molecule has 0 bridgehead atoms. The van der Waals surface area contributed by atoms with E-state index in [0.717, 1.165) is 0 Å². The van der Waals surface area contributed by atoms with Crippen molar-refractivity contribution < 1.29 is 19.1 Å². The number of ether oxygens (including phenoxy) is 1. The van der Waals surface area contributed by atoms with Gasteiger partial charge in [0, 0.05) is 26.3 Å². The highest BCUT2D eigenvalue weighted by Crippen LogP contribution is 2.23. The number of carbonyl (C=O) groups is 1. The summed E-state index contributed by atoms with van der Waals surface area (Å²) >= 11 is 0. The van der Waals surface area contributed by atoms with Crippen LogP contribution < -0.4 is 4.90 Å². The summed E-state index contributed by atoms with van der Waals surface area (Å²) in [5, 5.41) is 9.61. The van der Waals surface area contributed by atoms with Gasteiger partial charge in [-0.3, -0.25) is 4.79 Å². The lowest BCUT2D eigenvalue weighted by Crippen LogP contribution is -2.25. The van der Waals surface area contributed by atoms with Gasteiger partial charge in [-0.05, 0) is 6.07 Å². The Morgan fingerprint density at radius 1 is 1.60 bits per heavy atom. The Labute approximate surface area is 87.2 Å². The van der Waals surface area contributed by atoms with Crippen LogP contribution in [-0.2, 0) is 4.74 Å². The number of rotatable bonds is 3. The molecule has 5 heteroatoms. The molecule has 2 atom stereocenters. The van der Waals surface area contributed by atoms with E-state index < -0.39 is 6.10 Å². The quantitative estimate of drug-likeness (QED) is 0.728. The van der Waals surface area contributed by atoms with E-state index in [1.807, 2.05) is 4.90 Å². The zero-order chi connectivity index (χ0) is 10.8. The van der Waals surface area contributed by atoms with E-state index in [2.05, 4.69) is 0 Å². The first kappa shape index (κ1) is 10.2. The summed E-state index contributed by atoms with van der Waals surface area (Å²) in [4.78, 5) is 12.3. The first-order valence-corrected chi connectivity index (χ1v) is 4.75. The van der Waals surface area contributed by atoms with Gasteiger partial charge in [-0.2, -0.15) is 0 Å². The second-order valence-electron chi connectivity index (χ2n) is 3.54. The van der Waals surface area contributed by atoms with Crippen LogP contribution in [0.25, 0.3) is 0 Å². The molecular formula is C10H13NO4. The number of furan rings is 1. The topological polar surface area (TPSA) is 62.9 Å². The zero-order valence-electron chi connectivity index (χ0n) is 8.42. The highest BCUT2D eigenvalue weighted by Gasteiger charge is 2.32. The fourth-order valence-corrected chi connectivity index (χ4v) is 1.74. The third-order valence-electron chi connectivity index (χ3n) is 2.58. The Morgan fingerprint density at radius 2 is 2.40 bits per heavy atom. The van der Waals surface area contributed by atoms with Crippen LogP contribution in [0.4, 0.5) is 5.88 Å². The fourth-order valence-electron chi connectivity index (χ4n) is 1.74. The molecule has 82 valence electrons. The molecule has 1 aromatic heterocycles. The number of aliphatic hydroxyl groups is 1. The minimum absolute atomic E-state index is 0.199. The third kappa shape index (κ3) is 1.88. The summed E-state index contributed by atoms with van der Waals surface area (Å²) in [6, 6.07) is 3.32. The average molecular weight is 211 g/mol. The summed E-state index contributed by atoms with van der Waals surface area (Å²) in [7, 11) is 1.57. The predicted octanol–water partition coefficient (Wildman–Crippen LogP) is 0.288. The van der Waals surface area contributed by atoms with Gasteiger partial charge in [0.15, 0.2) is 17.9 Å². The number of carbonyl (C=O) groups excluding carboxylic acids is 1. The van der Waals surface area contributed by atoms with E-state index >= 15 is 0 Å². The van der Waals surface area contributed by atoms with Crippen LogP contribution in [0.1, 0.15) is 10.6 Å². The molecule has 1 saturated heterocycles. The molecule has 0 radical (unpaired) electrons. The summed E-state index contributed by atoms with van der Waals surface area (Å²) < 4.78 is 10.4. The normalized spacial score (nSPS) is 25.9. The van der Waals surface area contributed by atoms with E-state index in [4.69, 9.17) is 9.15 Å². The number of aliphatic hydroxyl groups excluding tert-OH is 1. The Hall–Kier alpha value is -1.33. The maximum Gasteiger partial charge on any atom is 0.196 e. The molecule has 1 aliphatic heterocycles. The second kappa shape index (κ2) is 4.04. The molecule has 1 fully saturated rings. The summed E-state index contributed by atoms with van der Waals surface area (Å²) in [6.07, 6.45) is -0.0568. The lowest BCUT2D eigenvalue weighted by atomic mass is 10.3. The van der Waals surface area contributed by atoms with Gasteiger partial charge in [0.05, 0.1) is 6.10 Å². The Kier molecular flexibility index (Phi) is 2.75. The van der Waals surface area contributed by atoms with Gasteiger partial charge in [-0.25, -0.2) is 0 Å². The summed E-state index contributed by atoms with van der Waals surface area (Å²) in [5.74, 6) is 0.885. The largest absolute Gasteiger partial charge is 0.438 e. The molecule has 1 aliphatic rings. The standard InChI is InChI=1S/C10H13NO4/c1-14-9-5-11(4-8(9)13)10-3-2-7(6-12)15-10/h2-3,6,8-9,13H,4-5H2,1H3/t8-,9-/m1/s1. The Bertz CT molecular complexity index is 349.